The van der Waals surface area contributed by atoms with Crippen molar-refractivity contribution in [1.29, 1.82) is 0 Å². The van der Waals surface area contributed by atoms with Crippen molar-refractivity contribution in [2.24, 2.45) is 0 Å². The molecule has 2 rings (SSSR count). The summed E-state index contributed by atoms with van der Waals surface area (Å²) in [6.07, 6.45) is 2.99. The minimum absolute atomic E-state index is 0.0227. The lowest BCUT2D eigenvalue weighted by molar-refractivity contribution is -0.116. The number of nitrogen functional groups attached to an aromatic ring is 1. The van der Waals surface area contributed by atoms with Gasteiger partial charge < -0.3 is 11.1 Å². The van der Waals surface area contributed by atoms with Gasteiger partial charge in [-0.2, -0.15) is 5.10 Å². The smallest absolute Gasteiger partial charge is 0.246 e. The quantitative estimate of drug-likeness (QED) is 0.910. The second kappa shape index (κ2) is 5.18. The minimum atomic E-state index is -0.434. The molecule has 1 aromatic heterocycles. The second-order valence-corrected chi connectivity index (χ2v) is 4.50. The predicted octanol–water partition coefficient (Wildman–Crippen LogP) is 2.01. The summed E-state index contributed by atoms with van der Waals surface area (Å²) in [5, 5.41) is 6.44. The highest BCUT2D eigenvalue weighted by Crippen LogP contribution is 2.19. The molecule has 1 heterocycles. The van der Waals surface area contributed by atoms with Crippen LogP contribution in [0, 0.1) is 5.82 Å². The van der Waals surface area contributed by atoms with Gasteiger partial charge in [0.05, 0.1) is 16.4 Å². The van der Waals surface area contributed by atoms with Gasteiger partial charge in [-0.25, -0.2) is 4.39 Å². The van der Waals surface area contributed by atoms with Crippen LogP contribution in [0.4, 0.5) is 15.8 Å². The van der Waals surface area contributed by atoms with E-state index in [1.165, 1.54) is 23.0 Å². The van der Waals surface area contributed by atoms with Gasteiger partial charge in [0.1, 0.15) is 12.4 Å². The molecule has 0 aliphatic heterocycles. The molecule has 1 amide bonds. The molecule has 18 heavy (non-hydrogen) atoms. The maximum absolute atomic E-state index is 13.2. The third-order valence-electron chi connectivity index (χ3n) is 2.16. The summed E-state index contributed by atoms with van der Waals surface area (Å²) in [6.45, 7) is 0.0227. The van der Waals surface area contributed by atoms with Gasteiger partial charge in [-0.3, -0.25) is 9.48 Å². The molecule has 0 aliphatic carbocycles. The number of nitrogens with two attached hydrogens (primary N) is 1. The van der Waals surface area contributed by atoms with Gasteiger partial charge in [-0.15, -0.1) is 0 Å². The van der Waals surface area contributed by atoms with Gasteiger partial charge in [0, 0.05) is 11.9 Å². The van der Waals surface area contributed by atoms with E-state index in [0.29, 0.717) is 15.8 Å². The van der Waals surface area contributed by atoms with Gasteiger partial charge in [0.2, 0.25) is 5.91 Å². The molecule has 0 fully saturated rings. The third kappa shape index (κ3) is 3.07. The molecule has 0 spiro atoms. The first-order valence-corrected chi connectivity index (χ1v) is 5.87. The zero-order valence-electron chi connectivity index (χ0n) is 9.23. The number of anilines is 2. The van der Waals surface area contributed by atoms with Crippen molar-refractivity contribution < 1.29 is 9.18 Å². The Kier molecular flexibility index (Phi) is 3.61. The lowest BCUT2D eigenvalue weighted by Gasteiger charge is -2.06. The normalized spacial score (nSPS) is 10.3. The monoisotopic (exact) mass is 312 g/mol. The van der Waals surface area contributed by atoms with Crippen LogP contribution in [-0.2, 0) is 11.3 Å². The molecule has 0 radical (unpaired) electrons. The van der Waals surface area contributed by atoms with E-state index in [2.05, 4.69) is 26.3 Å². The van der Waals surface area contributed by atoms with Gasteiger partial charge in [0.25, 0.3) is 0 Å². The van der Waals surface area contributed by atoms with Crippen molar-refractivity contribution in [2.45, 2.75) is 6.54 Å². The zero-order chi connectivity index (χ0) is 13.1. The molecular formula is C11H10BrFN4O. The number of hydrogen-bond acceptors (Lipinski definition) is 3. The highest BCUT2D eigenvalue weighted by atomic mass is 79.9. The highest BCUT2D eigenvalue weighted by Gasteiger charge is 2.06. The standard InChI is InChI=1S/C11H10BrFN4O/c12-9-2-1-8(3-10(9)13)16-11(18)6-17-5-7(14)4-15-17/h1-5H,6,14H2,(H,16,18). The molecule has 0 saturated carbocycles. The first-order chi connectivity index (χ1) is 8.54. The van der Waals surface area contributed by atoms with E-state index in [0.717, 1.165) is 0 Å². The van der Waals surface area contributed by atoms with Crippen molar-refractivity contribution in [1.82, 2.24) is 9.78 Å². The predicted molar refractivity (Wildman–Crippen MR) is 69.4 cm³/mol. The number of carbonyl (C=O) groups is 1. The van der Waals surface area contributed by atoms with Crippen LogP contribution in [0.1, 0.15) is 0 Å². The van der Waals surface area contributed by atoms with E-state index >= 15 is 0 Å². The van der Waals surface area contributed by atoms with E-state index < -0.39 is 5.82 Å². The van der Waals surface area contributed by atoms with Crippen LogP contribution in [0.3, 0.4) is 0 Å². The molecule has 5 nitrogen and oxygen atoms in total. The Morgan fingerprint density at radius 1 is 1.56 bits per heavy atom. The molecule has 7 heteroatoms. The number of amides is 1. The summed E-state index contributed by atoms with van der Waals surface area (Å²) in [6, 6.07) is 4.36. The SMILES string of the molecule is Nc1cnn(CC(=O)Nc2ccc(Br)c(F)c2)c1. The Labute approximate surface area is 111 Å². The second-order valence-electron chi connectivity index (χ2n) is 3.65. The van der Waals surface area contributed by atoms with Crippen LogP contribution in [0.15, 0.2) is 35.1 Å². The minimum Gasteiger partial charge on any atom is -0.396 e. The summed E-state index contributed by atoms with van der Waals surface area (Å²) in [5.74, 6) is -0.740. The fourth-order valence-electron chi connectivity index (χ4n) is 1.39. The molecule has 2 aromatic rings. The van der Waals surface area contributed by atoms with Crippen LogP contribution >= 0.6 is 15.9 Å². The molecule has 0 bridgehead atoms. The van der Waals surface area contributed by atoms with Gasteiger partial charge in [0.15, 0.2) is 0 Å². The van der Waals surface area contributed by atoms with E-state index in [1.54, 1.807) is 12.3 Å². The summed E-state index contributed by atoms with van der Waals surface area (Å²) in [4.78, 5) is 11.6. The molecule has 1 aromatic carbocycles. The number of benzene rings is 1. The number of halogens is 2. The van der Waals surface area contributed by atoms with Crippen molar-refractivity contribution >= 4 is 33.2 Å². The molecule has 3 N–H and O–H groups in total. The summed E-state index contributed by atoms with van der Waals surface area (Å²) in [7, 11) is 0. The van der Waals surface area contributed by atoms with E-state index in [4.69, 9.17) is 5.73 Å². The molecule has 0 unspecified atom stereocenters. The molecule has 0 saturated heterocycles. The maximum Gasteiger partial charge on any atom is 0.246 e. The Morgan fingerprint density at radius 3 is 2.94 bits per heavy atom. The van der Waals surface area contributed by atoms with Crippen molar-refractivity contribution in [3.63, 3.8) is 0 Å². The van der Waals surface area contributed by atoms with Crippen molar-refractivity contribution in [3.05, 3.63) is 40.9 Å². The largest absolute Gasteiger partial charge is 0.396 e. The Bertz CT molecular complexity index is 584. The first-order valence-electron chi connectivity index (χ1n) is 5.07. The molecule has 0 atom stereocenters. The number of nitrogens with zero attached hydrogens (tertiary/aromatic N) is 2. The highest BCUT2D eigenvalue weighted by molar-refractivity contribution is 9.10. The number of hydrogen-bond donors (Lipinski definition) is 2. The topological polar surface area (TPSA) is 72.9 Å². The van der Waals surface area contributed by atoms with Crippen LogP contribution < -0.4 is 11.1 Å². The Morgan fingerprint density at radius 2 is 2.33 bits per heavy atom. The van der Waals surface area contributed by atoms with Crippen molar-refractivity contribution in [3.8, 4) is 0 Å². The summed E-state index contributed by atoms with van der Waals surface area (Å²) in [5.41, 5.74) is 6.35. The summed E-state index contributed by atoms with van der Waals surface area (Å²) >= 11 is 3.04. The molecule has 0 aliphatic rings. The van der Waals surface area contributed by atoms with Crippen LogP contribution in [0.5, 0.6) is 0 Å². The number of aromatic nitrogens is 2. The first kappa shape index (κ1) is 12.6. The van der Waals surface area contributed by atoms with Crippen LogP contribution in [0.25, 0.3) is 0 Å². The summed E-state index contributed by atoms with van der Waals surface area (Å²) < 4.78 is 15.0. The third-order valence-corrected chi connectivity index (χ3v) is 2.81. The van der Waals surface area contributed by atoms with E-state index in [1.807, 2.05) is 0 Å². The number of carbonyl (C=O) groups excluding carboxylic acids is 1. The van der Waals surface area contributed by atoms with Crippen LogP contribution in [0.2, 0.25) is 0 Å². The maximum atomic E-state index is 13.2. The Hall–Kier alpha value is -1.89. The number of rotatable bonds is 3. The van der Waals surface area contributed by atoms with Gasteiger partial charge >= 0.3 is 0 Å². The zero-order valence-corrected chi connectivity index (χ0v) is 10.8. The number of nitrogens with one attached hydrogen (secondary N) is 1. The van der Waals surface area contributed by atoms with Gasteiger partial charge in [-0.1, -0.05) is 0 Å². The van der Waals surface area contributed by atoms with Crippen molar-refractivity contribution in [2.75, 3.05) is 11.1 Å². The lowest BCUT2D eigenvalue weighted by atomic mass is 10.3. The average Bonchev–Trinajstić information content (AvgIpc) is 2.69. The Balaban J connectivity index is 2.00. The van der Waals surface area contributed by atoms with E-state index in [-0.39, 0.29) is 12.5 Å². The fraction of sp³-hybridized carbons (Fsp3) is 0.0909. The average molecular weight is 313 g/mol. The lowest BCUT2D eigenvalue weighted by Crippen LogP contribution is -2.19. The van der Waals surface area contributed by atoms with Crippen LogP contribution in [-0.4, -0.2) is 15.7 Å². The molecule has 94 valence electrons. The van der Waals surface area contributed by atoms with Gasteiger partial charge in [-0.05, 0) is 34.1 Å². The van der Waals surface area contributed by atoms with E-state index in [9.17, 15) is 9.18 Å². The molecular weight excluding hydrogens is 303 g/mol. The fourth-order valence-corrected chi connectivity index (χ4v) is 1.63.